The third kappa shape index (κ3) is 3.32. The zero-order valence-electron chi connectivity index (χ0n) is 11.2. The van der Waals surface area contributed by atoms with Gasteiger partial charge in [-0.15, -0.1) is 0 Å². The van der Waals surface area contributed by atoms with Crippen molar-refractivity contribution >= 4 is 5.82 Å². The lowest BCUT2D eigenvalue weighted by atomic mass is 9.97. The van der Waals surface area contributed by atoms with E-state index < -0.39 is 0 Å². The number of anilines is 1. The monoisotopic (exact) mass is 250 g/mol. The summed E-state index contributed by atoms with van der Waals surface area (Å²) in [6, 6.07) is 1.59. The van der Waals surface area contributed by atoms with Crippen LogP contribution >= 0.6 is 0 Å². The Bertz CT molecular complexity index is 437. The lowest BCUT2D eigenvalue weighted by Crippen LogP contribution is -2.37. The van der Waals surface area contributed by atoms with Crippen molar-refractivity contribution in [2.75, 3.05) is 31.1 Å². The molecule has 5 heteroatoms. The summed E-state index contributed by atoms with van der Waals surface area (Å²) in [5.41, 5.74) is -0.0683. The van der Waals surface area contributed by atoms with Crippen molar-refractivity contribution in [3.63, 3.8) is 0 Å². The van der Waals surface area contributed by atoms with E-state index in [1.807, 2.05) is 6.92 Å². The van der Waals surface area contributed by atoms with E-state index in [4.69, 9.17) is 0 Å². The molecule has 100 valence electrons. The van der Waals surface area contributed by atoms with Gasteiger partial charge < -0.3 is 15.2 Å². The molecule has 0 amide bonds. The van der Waals surface area contributed by atoms with Crippen LogP contribution in [-0.2, 0) is 0 Å². The van der Waals surface area contributed by atoms with Gasteiger partial charge in [-0.2, -0.15) is 0 Å². The van der Waals surface area contributed by atoms with Crippen molar-refractivity contribution in [3.05, 3.63) is 22.2 Å². The van der Waals surface area contributed by atoms with Crippen LogP contribution in [0.15, 0.2) is 10.9 Å². The van der Waals surface area contributed by atoms with Crippen molar-refractivity contribution in [3.8, 4) is 0 Å². The van der Waals surface area contributed by atoms with Crippen LogP contribution in [0.3, 0.4) is 0 Å². The Balaban J connectivity index is 2.09. The molecule has 1 aromatic heterocycles. The fourth-order valence-corrected chi connectivity index (χ4v) is 2.49. The van der Waals surface area contributed by atoms with Crippen LogP contribution in [0.1, 0.15) is 25.6 Å². The first-order chi connectivity index (χ1) is 8.69. The third-order valence-electron chi connectivity index (χ3n) is 3.49. The quantitative estimate of drug-likeness (QED) is 0.833. The first kappa shape index (κ1) is 13.1. The van der Waals surface area contributed by atoms with Gasteiger partial charge in [0.2, 0.25) is 0 Å². The number of hydrogen-bond acceptors (Lipinski definition) is 4. The van der Waals surface area contributed by atoms with E-state index in [-0.39, 0.29) is 5.56 Å². The van der Waals surface area contributed by atoms with Crippen LogP contribution in [-0.4, -0.2) is 36.1 Å². The predicted octanol–water partition coefficient (Wildman–Crippen LogP) is 0.904. The Labute approximate surface area is 108 Å². The van der Waals surface area contributed by atoms with E-state index >= 15 is 0 Å². The number of nitrogens with zero attached hydrogens (tertiary/aromatic N) is 2. The highest BCUT2D eigenvalue weighted by Crippen LogP contribution is 2.17. The van der Waals surface area contributed by atoms with Gasteiger partial charge in [0.25, 0.3) is 5.56 Å². The predicted molar refractivity (Wildman–Crippen MR) is 73.1 cm³/mol. The summed E-state index contributed by atoms with van der Waals surface area (Å²) < 4.78 is 0. The summed E-state index contributed by atoms with van der Waals surface area (Å²) in [5, 5.41) is 3.37. The molecule has 0 unspecified atom stereocenters. The van der Waals surface area contributed by atoms with Gasteiger partial charge in [0.15, 0.2) is 0 Å². The highest BCUT2D eigenvalue weighted by atomic mass is 16.1. The lowest BCUT2D eigenvalue weighted by Gasteiger charge is -2.30. The molecule has 0 aliphatic carbocycles. The summed E-state index contributed by atoms with van der Waals surface area (Å²) in [6.45, 7) is 8.02. The standard InChI is InChI=1S/C13H22N4O/c1-3-17(9-11-4-6-14-7-5-11)12-8-13(18)16-10(2)15-12/h8,11,14H,3-7,9H2,1-2H3,(H,15,16,18). The number of piperidine rings is 1. The van der Waals surface area contributed by atoms with E-state index in [0.29, 0.717) is 11.7 Å². The molecule has 1 aliphatic heterocycles. The van der Waals surface area contributed by atoms with E-state index in [1.165, 1.54) is 12.8 Å². The highest BCUT2D eigenvalue weighted by molar-refractivity contribution is 5.37. The normalized spacial score (nSPS) is 16.8. The largest absolute Gasteiger partial charge is 0.356 e. The zero-order chi connectivity index (χ0) is 13.0. The van der Waals surface area contributed by atoms with Gasteiger partial charge in [-0.05, 0) is 45.7 Å². The van der Waals surface area contributed by atoms with E-state index in [1.54, 1.807) is 6.07 Å². The maximum Gasteiger partial charge on any atom is 0.252 e. The first-order valence-electron chi connectivity index (χ1n) is 6.72. The van der Waals surface area contributed by atoms with Crippen LogP contribution in [0.5, 0.6) is 0 Å². The van der Waals surface area contributed by atoms with Crippen LogP contribution in [0.25, 0.3) is 0 Å². The molecule has 1 saturated heterocycles. The third-order valence-corrected chi connectivity index (χ3v) is 3.49. The molecular weight excluding hydrogens is 228 g/mol. The molecule has 0 atom stereocenters. The van der Waals surface area contributed by atoms with Crippen molar-refractivity contribution in [1.82, 2.24) is 15.3 Å². The van der Waals surface area contributed by atoms with Crippen molar-refractivity contribution < 1.29 is 0 Å². The van der Waals surface area contributed by atoms with Crippen molar-refractivity contribution in [2.24, 2.45) is 5.92 Å². The number of aryl methyl sites for hydroxylation is 1. The van der Waals surface area contributed by atoms with Gasteiger partial charge in [-0.3, -0.25) is 4.79 Å². The van der Waals surface area contributed by atoms with Gasteiger partial charge in [-0.1, -0.05) is 0 Å². The Kier molecular flexibility index (Phi) is 4.36. The summed E-state index contributed by atoms with van der Waals surface area (Å²) >= 11 is 0. The average Bonchev–Trinajstić information content (AvgIpc) is 2.36. The van der Waals surface area contributed by atoms with Crippen molar-refractivity contribution in [1.29, 1.82) is 0 Å². The number of H-pyrrole nitrogens is 1. The maximum absolute atomic E-state index is 11.5. The summed E-state index contributed by atoms with van der Waals surface area (Å²) in [4.78, 5) is 20.8. The van der Waals surface area contributed by atoms with Gasteiger partial charge in [0.1, 0.15) is 11.6 Å². The Morgan fingerprint density at radius 1 is 1.44 bits per heavy atom. The zero-order valence-corrected chi connectivity index (χ0v) is 11.2. The summed E-state index contributed by atoms with van der Waals surface area (Å²) in [5.74, 6) is 2.19. The Hall–Kier alpha value is -1.36. The smallest absolute Gasteiger partial charge is 0.252 e. The number of rotatable bonds is 4. The fourth-order valence-electron chi connectivity index (χ4n) is 2.49. The molecule has 5 nitrogen and oxygen atoms in total. The minimum absolute atomic E-state index is 0.0683. The van der Waals surface area contributed by atoms with E-state index in [0.717, 1.165) is 32.0 Å². The minimum Gasteiger partial charge on any atom is -0.356 e. The second-order valence-corrected chi connectivity index (χ2v) is 4.92. The molecule has 0 aromatic carbocycles. The second-order valence-electron chi connectivity index (χ2n) is 4.92. The molecule has 1 fully saturated rings. The van der Waals surface area contributed by atoms with Gasteiger partial charge in [0.05, 0.1) is 0 Å². The number of aromatic nitrogens is 2. The minimum atomic E-state index is -0.0683. The molecule has 2 N–H and O–H groups in total. The van der Waals surface area contributed by atoms with E-state index in [2.05, 4.69) is 27.1 Å². The fraction of sp³-hybridized carbons (Fsp3) is 0.692. The molecule has 1 aliphatic rings. The molecular formula is C13H22N4O. The Morgan fingerprint density at radius 2 is 2.17 bits per heavy atom. The molecule has 18 heavy (non-hydrogen) atoms. The van der Waals surface area contributed by atoms with Crippen molar-refractivity contribution in [2.45, 2.75) is 26.7 Å². The molecule has 1 aromatic rings. The van der Waals surface area contributed by atoms with Crippen LogP contribution in [0.2, 0.25) is 0 Å². The second kappa shape index (κ2) is 6.00. The van der Waals surface area contributed by atoms with Gasteiger partial charge in [0, 0.05) is 19.2 Å². The SMILES string of the molecule is CCN(CC1CCNCC1)c1cc(=O)[nH]c(C)n1. The number of hydrogen-bond donors (Lipinski definition) is 2. The van der Waals surface area contributed by atoms with E-state index in [9.17, 15) is 4.79 Å². The summed E-state index contributed by atoms with van der Waals surface area (Å²) in [7, 11) is 0. The number of aromatic amines is 1. The van der Waals surface area contributed by atoms with Crippen LogP contribution in [0, 0.1) is 12.8 Å². The lowest BCUT2D eigenvalue weighted by molar-refractivity contribution is 0.374. The average molecular weight is 250 g/mol. The Morgan fingerprint density at radius 3 is 2.78 bits per heavy atom. The molecule has 0 bridgehead atoms. The van der Waals surface area contributed by atoms with Gasteiger partial charge >= 0.3 is 0 Å². The molecule has 0 spiro atoms. The summed E-state index contributed by atoms with van der Waals surface area (Å²) in [6.07, 6.45) is 2.41. The van der Waals surface area contributed by atoms with Crippen LogP contribution in [0.4, 0.5) is 5.82 Å². The van der Waals surface area contributed by atoms with Gasteiger partial charge in [-0.25, -0.2) is 4.98 Å². The maximum atomic E-state index is 11.5. The molecule has 0 radical (unpaired) electrons. The van der Waals surface area contributed by atoms with Crippen LogP contribution < -0.4 is 15.8 Å². The number of nitrogens with one attached hydrogen (secondary N) is 2. The first-order valence-corrected chi connectivity index (χ1v) is 6.72. The highest BCUT2D eigenvalue weighted by Gasteiger charge is 2.17. The molecule has 0 saturated carbocycles. The topological polar surface area (TPSA) is 61.0 Å². The molecule has 2 heterocycles. The molecule has 2 rings (SSSR count).